The van der Waals surface area contributed by atoms with Gasteiger partial charge in [0.2, 0.25) is 0 Å². The van der Waals surface area contributed by atoms with Crippen molar-refractivity contribution in [1.29, 1.82) is 0 Å². The van der Waals surface area contributed by atoms with E-state index in [1.165, 1.54) is 35.8 Å². The van der Waals surface area contributed by atoms with Crippen LogP contribution in [0.3, 0.4) is 0 Å². The highest BCUT2D eigenvalue weighted by molar-refractivity contribution is 8.15. The van der Waals surface area contributed by atoms with Gasteiger partial charge < -0.3 is 10.5 Å². The molecule has 0 aliphatic carbocycles. The number of amides is 1. The van der Waals surface area contributed by atoms with E-state index in [-0.39, 0.29) is 28.7 Å². The van der Waals surface area contributed by atoms with Crippen molar-refractivity contribution in [2.45, 2.75) is 38.0 Å². The number of rotatable bonds is 8. The second kappa shape index (κ2) is 11.0. The summed E-state index contributed by atoms with van der Waals surface area (Å²) in [6.45, 7) is 4.07. The van der Waals surface area contributed by atoms with Crippen LogP contribution in [0.4, 0.5) is 13.2 Å². The highest BCUT2D eigenvalue weighted by Gasteiger charge is 2.56. The summed E-state index contributed by atoms with van der Waals surface area (Å²) < 4.78 is 49.5. The summed E-state index contributed by atoms with van der Waals surface area (Å²) in [5.74, 6) is -2.22. The average Bonchev–Trinajstić information content (AvgIpc) is 3.22. The molecular formula is C25H29F3N3O2PS. The molecule has 0 saturated carbocycles. The second-order valence-electron chi connectivity index (χ2n) is 8.74. The monoisotopic (exact) mass is 523 g/mol. The molecule has 0 radical (unpaired) electrons. The molecule has 2 aliphatic rings. The second-order valence-corrected chi connectivity index (χ2v) is 11.3. The molecule has 2 aromatic carbocycles. The highest BCUT2D eigenvalue weighted by atomic mass is 32.2. The molecule has 5 nitrogen and oxygen atoms in total. The van der Waals surface area contributed by atoms with Crippen molar-refractivity contribution in [3.05, 3.63) is 64.5 Å². The van der Waals surface area contributed by atoms with E-state index in [1.807, 2.05) is 6.92 Å². The van der Waals surface area contributed by atoms with E-state index in [9.17, 15) is 18.0 Å². The molecule has 0 bridgehead atoms. The number of benzene rings is 2. The molecule has 1 amide bonds. The van der Waals surface area contributed by atoms with Gasteiger partial charge in [0.15, 0.2) is 0 Å². The molecule has 2 unspecified atom stereocenters. The zero-order valence-electron chi connectivity index (χ0n) is 19.7. The Morgan fingerprint density at radius 2 is 2.09 bits per heavy atom. The zero-order valence-corrected chi connectivity index (χ0v) is 21.6. The average molecular weight is 524 g/mol. The summed E-state index contributed by atoms with van der Waals surface area (Å²) in [4.78, 5) is 12.4. The Morgan fingerprint density at radius 3 is 2.83 bits per heavy atom. The van der Waals surface area contributed by atoms with Gasteiger partial charge in [-0.1, -0.05) is 39.8 Å². The Hall–Kier alpha value is -1.93. The quantitative estimate of drug-likeness (QED) is 0.406. The van der Waals surface area contributed by atoms with Gasteiger partial charge in [-0.3, -0.25) is 4.79 Å². The summed E-state index contributed by atoms with van der Waals surface area (Å²) in [6.07, 6.45) is 3.01. The summed E-state index contributed by atoms with van der Waals surface area (Å²) in [5, 5.41) is 6.95. The Morgan fingerprint density at radius 1 is 1.29 bits per heavy atom. The summed E-state index contributed by atoms with van der Waals surface area (Å²) >= 11 is 1.17. The smallest absolute Gasteiger partial charge is 0.270 e. The summed E-state index contributed by atoms with van der Waals surface area (Å²) in [5.41, 5.74) is 6.72. The molecule has 3 atom stereocenters. The number of nitrogens with zero attached hydrogens (tertiary/aromatic N) is 2. The topological polar surface area (TPSA) is 67.9 Å². The number of hydrazone groups is 1. The van der Waals surface area contributed by atoms with Gasteiger partial charge in [0, 0.05) is 23.7 Å². The van der Waals surface area contributed by atoms with Gasteiger partial charge in [0.25, 0.3) is 5.91 Å². The predicted molar refractivity (Wildman–Crippen MR) is 136 cm³/mol. The van der Waals surface area contributed by atoms with E-state index >= 15 is 0 Å². The van der Waals surface area contributed by atoms with Gasteiger partial charge in [-0.05, 0) is 67.6 Å². The molecule has 35 heavy (non-hydrogen) atoms. The number of hydrogen-bond donors (Lipinski definition) is 1. The number of carbonyl (C=O) groups excluding carboxylic acids is 1. The fraction of sp³-hybridized carbons (Fsp3) is 0.440. The lowest BCUT2D eigenvalue weighted by molar-refractivity contribution is -0.141. The number of halogens is 3. The van der Waals surface area contributed by atoms with E-state index in [4.69, 9.17) is 10.5 Å². The van der Waals surface area contributed by atoms with Crippen LogP contribution in [0.5, 0.6) is 0 Å². The van der Waals surface area contributed by atoms with E-state index in [2.05, 4.69) is 5.10 Å². The van der Waals surface area contributed by atoms with E-state index < -0.39 is 28.2 Å². The van der Waals surface area contributed by atoms with Gasteiger partial charge in [-0.25, -0.2) is 18.2 Å². The number of unbranched alkanes of at least 4 members (excludes halogenated alkanes) is 1. The third-order valence-corrected chi connectivity index (χ3v) is 9.36. The van der Waals surface area contributed by atoms with Crippen LogP contribution in [0.25, 0.3) is 0 Å². The molecule has 2 aliphatic heterocycles. The number of fused-ring (bicyclic) bond motifs is 2. The third-order valence-electron chi connectivity index (χ3n) is 6.32. The van der Waals surface area contributed by atoms with Crippen LogP contribution in [0.2, 0.25) is 0 Å². The first kappa shape index (κ1) is 26.1. The molecular weight excluding hydrogens is 494 g/mol. The first-order chi connectivity index (χ1) is 16.8. The fourth-order valence-electron chi connectivity index (χ4n) is 4.49. The number of thioether (sulfide) groups is 1. The molecule has 1 spiro atoms. The van der Waals surface area contributed by atoms with Gasteiger partial charge in [0.05, 0.1) is 0 Å². The van der Waals surface area contributed by atoms with Crippen molar-refractivity contribution in [2.75, 3.05) is 25.9 Å². The first-order valence-electron chi connectivity index (χ1n) is 11.7. The molecule has 2 N–H and O–H groups in total. The van der Waals surface area contributed by atoms with Crippen LogP contribution in [0.1, 0.15) is 42.9 Å². The van der Waals surface area contributed by atoms with E-state index in [1.54, 1.807) is 6.07 Å². The normalized spacial score (nSPS) is 22.1. The lowest BCUT2D eigenvalue weighted by Gasteiger charge is -2.45. The molecule has 188 valence electrons. The van der Waals surface area contributed by atoms with Crippen LogP contribution < -0.4 is 11.0 Å². The lowest BCUT2D eigenvalue weighted by atomic mass is 9.89. The van der Waals surface area contributed by atoms with Gasteiger partial charge in [-0.15, -0.1) is 0 Å². The van der Waals surface area contributed by atoms with Crippen molar-refractivity contribution in [3.8, 4) is 0 Å². The highest BCUT2D eigenvalue weighted by Crippen LogP contribution is 2.57. The van der Waals surface area contributed by atoms with Crippen LogP contribution in [0, 0.1) is 30.3 Å². The van der Waals surface area contributed by atoms with E-state index in [0.29, 0.717) is 33.7 Å². The standard InChI is InChI=1S/C25H29F3N3O2PS/c1-3-4-9-33-13-23(32)31-25(35-24(30-31)18-12-20(27)15(2)10-21(18)28)16(7-8-29)14-34-22-6-5-17(26)11-19(22)25/h5-6,10-12,16,34H,3-4,7-9,13-14,29H2,1-2H3/t16-,25?/m0/s1. The maximum Gasteiger partial charge on any atom is 0.270 e. The molecule has 4 rings (SSSR count). The molecule has 10 heteroatoms. The van der Waals surface area contributed by atoms with Crippen LogP contribution in [-0.2, 0) is 14.4 Å². The predicted octanol–water partition coefficient (Wildman–Crippen LogP) is 4.60. The minimum Gasteiger partial charge on any atom is -0.372 e. The Bertz CT molecular complexity index is 1150. The van der Waals surface area contributed by atoms with Crippen molar-refractivity contribution in [1.82, 2.24) is 5.01 Å². The SMILES string of the molecule is CCCCOCC(=O)N1N=C(c2cc(F)c(C)cc2F)SC12c1cc(F)ccc1PC[C@@H]2CCN. The van der Waals surface area contributed by atoms with Crippen molar-refractivity contribution < 1.29 is 22.7 Å². The van der Waals surface area contributed by atoms with Crippen LogP contribution in [0.15, 0.2) is 35.4 Å². The minimum absolute atomic E-state index is 0.0304. The number of aryl methyl sites for hydroxylation is 1. The fourth-order valence-corrected chi connectivity index (χ4v) is 7.90. The first-order valence-corrected chi connectivity index (χ1v) is 13.7. The van der Waals surface area contributed by atoms with Crippen molar-refractivity contribution in [3.63, 3.8) is 0 Å². The van der Waals surface area contributed by atoms with Gasteiger partial charge in [-0.2, -0.15) is 5.10 Å². The Balaban J connectivity index is 1.84. The number of hydrogen-bond acceptors (Lipinski definition) is 5. The summed E-state index contributed by atoms with van der Waals surface area (Å²) in [6, 6.07) is 6.78. The third kappa shape index (κ3) is 5.01. The molecule has 2 aromatic rings. The van der Waals surface area contributed by atoms with Gasteiger partial charge in [0.1, 0.15) is 34.0 Å². The maximum absolute atomic E-state index is 15.0. The molecule has 0 fully saturated rings. The Kier molecular flexibility index (Phi) is 8.21. The van der Waals surface area contributed by atoms with Crippen LogP contribution >= 0.6 is 20.3 Å². The molecule has 0 aromatic heterocycles. The minimum atomic E-state index is -1.13. The van der Waals surface area contributed by atoms with Crippen LogP contribution in [-0.4, -0.2) is 41.9 Å². The molecule has 0 saturated heterocycles. The number of carbonyl (C=O) groups is 1. The van der Waals surface area contributed by atoms with Crippen molar-refractivity contribution in [2.24, 2.45) is 16.8 Å². The largest absolute Gasteiger partial charge is 0.372 e. The lowest BCUT2D eigenvalue weighted by Crippen LogP contribution is -2.53. The maximum atomic E-state index is 15.0. The van der Waals surface area contributed by atoms with E-state index in [0.717, 1.165) is 36.4 Å². The summed E-state index contributed by atoms with van der Waals surface area (Å²) in [7, 11) is 0.407. The number of nitrogens with two attached hydrogens (primary N) is 1. The molecule has 2 heterocycles. The number of ether oxygens (including phenoxy) is 1. The zero-order chi connectivity index (χ0) is 25.2. The Labute approximate surface area is 209 Å². The van der Waals surface area contributed by atoms with Crippen molar-refractivity contribution >= 4 is 36.6 Å². The van der Waals surface area contributed by atoms with Gasteiger partial charge >= 0.3 is 0 Å².